The molecule has 7 heteroatoms. The third-order valence-corrected chi connectivity index (χ3v) is 5.12. The first-order chi connectivity index (χ1) is 10.3. The SMILES string of the molecule is CCCCCC(C)NC(=O)c1cc(S(=O)(=O)NC)ccc1Cl. The molecule has 2 N–H and O–H groups in total. The fraction of sp³-hybridized carbons (Fsp3) is 0.533. The molecule has 1 unspecified atom stereocenters. The Morgan fingerprint density at radius 1 is 1.32 bits per heavy atom. The van der Waals surface area contributed by atoms with E-state index < -0.39 is 10.0 Å². The van der Waals surface area contributed by atoms with Gasteiger partial charge in [0, 0.05) is 6.04 Å². The van der Waals surface area contributed by atoms with Crippen molar-refractivity contribution in [3.05, 3.63) is 28.8 Å². The van der Waals surface area contributed by atoms with Gasteiger partial charge in [-0.1, -0.05) is 37.8 Å². The Hall–Kier alpha value is -1.11. The highest BCUT2D eigenvalue weighted by molar-refractivity contribution is 7.89. The summed E-state index contributed by atoms with van der Waals surface area (Å²) in [6, 6.07) is 4.10. The van der Waals surface area contributed by atoms with Gasteiger partial charge in [-0.15, -0.1) is 0 Å². The molecule has 0 heterocycles. The van der Waals surface area contributed by atoms with E-state index in [-0.39, 0.29) is 27.4 Å². The molecule has 0 aliphatic heterocycles. The van der Waals surface area contributed by atoms with Crippen molar-refractivity contribution in [3.63, 3.8) is 0 Å². The van der Waals surface area contributed by atoms with Crippen molar-refractivity contribution in [3.8, 4) is 0 Å². The van der Waals surface area contributed by atoms with E-state index in [0.717, 1.165) is 25.7 Å². The second-order valence-corrected chi connectivity index (χ2v) is 7.51. The lowest BCUT2D eigenvalue weighted by atomic mass is 10.1. The fourth-order valence-corrected chi connectivity index (χ4v) is 3.00. The Balaban J connectivity index is 2.87. The average Bonchev–Trinajstić information content (AvgIpc) is 2.47. The van der Waals surface area contributed by atoms with E-state index >= 15 is 0 Å². The summed E-state index contributed by atoms with van der Waals surface area (Å²) in [5.74, 6) is -0.359. The summed E-state index contributed by atoms with van der Waals surface area (Å²) < 4.78 is 25.8. The second kappa shape index (κ2) is 8.50. The largest absolute Gasteiger partial charge is 0.350 e. The van der Waals surface area contributed by atoms with Crippen molar-refractivity contribution in [1.29, 1.82) is 0 Å². The number of carbonyl (C=O) groups excluding carboxylic acids is 1. The molecule has 5 nitrogen and oxygen atoms in total. The van der Waals surface area contributed by atoms with E-state index in [0.29, 0.717) is 0 Å². The molecule has 1 aromatic carbocycles. The molecule has 124 valence electrons. The van der Waals surface area contributed by atoms with E-state index in [2.05, 4.69) is 17.0 Å². The van der Waals surface area contributed by atoms with Gasteiger partial charge in [-0.05, 0) is 38.6 Å². The molecular weight excluding hydrogens is 324 g/mol. The van der Waals surface area contributed by atoms with Crippen molar-refractivity contribution >= 4 is 27.5 Å². The summed E-state index contributed by atoms with van der Waals surface area (Å²) >= 11 is 6.02. The topological polar surface area (TPSA) is 75.3 Å². The molecule has 0 spiro atoms. The van der Waals surface area contributed by atoms with Crippen molar-refractivity contribution in [2.45, 2.75) is 50.5 Å². The Labute approximate surface area is 137 Å². The van der Waals surface area contributed by atoms with Gasteiger partial charge in [-0.3, -0.25) is 4.79 Å². The van der Waals surface area contributed by atoms with Crippen molar-refractivity contribution in [2.24, 2.45) is 0 Å². The highest BCUT2D eigenvalue weighted by Gasteiger charge is 2.18. The number of amides is 1. The van der Waals surface area contributed by atoms with Crippen molar-refractivity contribution in [2.75, 3.05) is 7.05 Å². The van der Waals surface area contributed by atoms with Gasteiger partial charge in [0.25, 0.3) is 5.91 Å². The molecule has 0 radical (unpaired) electrons. The number of unbranched alkanes of at least 4 members (excludes halogenated alkanes) is 2. The van der Waals surface area contributed by atoms with Gasteiger partial charge >= 0.3 is 0 Å². The molecule has 1 atom stereocenters. The Bertz CT molecular complexity index is 617. The number of benzene rings is 1. The Morgan fingerprint density at radius 3 is 2.59 bits per heavy atom. The Kier molecular flexibility index (Phi) is 7.32. The van der Waals surface area contributed by atoms with E-state index in [1.807, 2.05) is 6.92 Å². The van der Waals surface area contributed by atoms with Gasteiger partial charge in [0.1, 0.15) is 0 Å². The van der Waals surface area contributed by atoms with Crippen LogP contribution in [0.5, 0.6) is 0 Å². The van der Waals surface area contributed by atoms with Gasteiger partial charge in [-0.25, -0.2) is 13.1 Å². The molecule has 1 aromatic rings. The average molecular weight is 347 g/mol. The quantitative estimate of drug-likeness (QED) is 0.710. The van der Waals surface area contributed by atoms with Crippen molar-refractivity contribution in [1.82, 2.24) is 10.0 Å². The third kappa shape index (κ3) is 5.26. The molecule has 0 bridgehead atoms. The highest BCUT2D eigenvalue weighted by atomic mass is 35.5. The number of hydrogen-bond donors (Lipinski definition) is 2. The zero-order valence-corrected chi connectivity index (χ0v) is 14.7. The van der Waals surface area contributed by atoms with Crippen LogP contribution in [0.2, 0.25) is 5.02 Å². The molecule has 0 fully saturated rings. The summed E-state index contributed by atoms with van der Waals surface area (Å²) in [4.78, 5) is 12.3. The zero-order valence-electron chi connectivity index (χ0n) is 13.1. The van der Waals surface area contributed by atoms with Crippen LogP contribution >= 0.6 is 11.6 Å². The van der Waals surface area contributed by atoms with Crippen LogP contribution in [0, 0.1) is 0 Å². The predicted molar refractivity (Wildman–Crippen MR) is 88.8 cm³/mol. The second-order valence-electron chi connectivity index (χ2n) is 5.22. The molecular formula is C15H23ClN2O3S. The molecule has 1 amide bonds. The minimum Gasteiger partial charge on any atom is -0.350 e. The van der Waals surface area contributed by atoms with Crippen LogP contribution < -0.4 is 10.0 Å². The van der Waals surface area contributed by atoms with Gasteiger partial charge in [0.2, 0.25) is 10.0 Å². The first-order valence-corrected chi connectivity index (χ1v) is 9.22. The summed E-state index contributed by atoms with van der Waals surface area (Å²) in [7, 11) is -2.29. The number of rotatable bonds is 8. The van der Waals surface area contributed by atoms with Gasteiger partial charge in [0.15, 0.2) is 0 Å². The molecule has 22 heavy (non-hydrogen) atoms. The maximum Gasteiger partial charge on any atom is 0.253 e. The van der Waals surface area contributed by atoms with Crippen LogP contribution in [-0.4, -0.2) is 27.4 Å². The van der Waals surface area contributed by atoms with E-state index in [1.54, 1.807) is 0 Å². The lowest BCUT2D eigenvalue weighted by Gasteiger charge is -2.15. The molecule has 0 aliphatic carbocycles. The van der Waals surface area contributed by atoms with Crippen LogP contribution in [0.4, 0.5) is 0 Å². The van der Waals surface area contributed by atoms with Crippen LogP contribution in [0.3, 0.4) is 0 Å². The number of carbonyl (C=O) groups is 1. The molecule has 0 saturated heterocycles. The molecule has 1 rings (SSSR count). The first-order valence-electron chi connectivity index (χ1n) is 7.35. The maximum absolute atomic E-state index is 12.3. The van der Waals surface area contributed by atoms with Crippen LogP contribution in [0.1, 0.15) is 49.9 Å². The molecule has 0 aliphatic rings. The first kappa shape index (κ1) is 18.9. The lowest BCUT2D eigenvalue weighted by molar-refractivity contribution is 0.0938. The van der Waals surface area contributed by atoms with Crippen LogP contribution in [0.25, 0.3) is 0 Å². The monoisotopic (exact) mass is 346 g/mol. The van der Waals surface area contributed by atoms with Gasteiger partial charge < -0.3 is 5.32 Å². The summed E-state index contributed by atoms with van der Waals surface area (Å²) in [5.41, 5.74) is 0.167. The Morgan fingerprint density at radius 2 is 2.00 bits per heavy atom. The minimum atomic E-state index is -3.61. The number of sulfonamides is 1. The van der Waals surface area contributed by atoms with Crippen molar-refractivity contribution < 1.29 is 13.2 Å². The predicted octanol–water partition coefficient (Wildman–Crippen LogP) is 2.95. The van der Waals surface area contributed by atoms with E-state index in [1.165, 1.54) is 25.2 Å². The number of nitrogens with one attached hydrogen (secondary N) is 2. The number of halogens is 1. The van der Waals surface area contributed by atoms with Crippen LogP contribution in [-0.2, 0) is 10.0 Å². The van der Waals surface area contributed by atoms with E-state index in [4.69, 9.17) is 11.6 Å². The summed E-state index contributed by atoms with van der Waals surface area (Å²) in [6.45, 7) is 4.05. The van der Waals surface area contributed by atoms with E-state index in [9.17, 15) is 13.2 Å². The molecule has 0 aromatic heterocycles. The fourth-order valence-electron chi connectivity index (χ4n) is 2.04. The summed E-state index contributed by atoms with van der Waals surface area (Å²) in [6.07, 6.45) is 4.17. The highest BCUT2D eigenvalue weighted by Crippen LogP contribution is 2.20. The minimum absolute atomic E-state index is 0.0136. The lowest BCUT2D eigenvalue weighted by Crippen LogP contribution is -2.33. The maximum atomic E-state index is 12.3. The standard InChI is InChI=1S/C15H23ClN2O3S/c1-4-5-6-7-11(2)18-15(19)13-10-12(8-9-14(13)16)22(20,21)17-3/h8-11,17H,4-7H2,1-3H3,(H,18,19). The summed E-state index contributed by atoms with van der Waals surface area (Å²) in [5, 5.41) is 3.08. The zero-order chi connectivity index (χ0) is 16.8. The third-order valence-electron chi connectivity index (χ3n) is 3.38. The van der Waals surface area contributed by atoms with Crippen LogP contribution in [0.15, 0.2) is 23.1 Å². The molecule has 0 saturated carbocycles. The van der Waals surface area contributed by atoms with Gasteiger partial charge in [-0.2, -0.15) is 0 Å². The normalized spacial score (nSPS) is 12.9. The number of hydrogen-bond acceptors (Lipinski definition) is 3. The van der Waals surface area contributed by atoms with Gasteiger partial charge in [0.05, 0.1) is 15.5 Å². The smallest absolute Gasteiger partial charge is 0.253 e.